The van der Waals surface area contributed by atoms with Crippen LogP contribution in [0.25, 0.3) is 0 Å². The van der Waals surface area contributed by atoms with E-state index in [2.05, 4.69) is 5.32 Å². The van der Waals surface area contributed by atoms with Crippen LogP contribution in [0.2, 0.25) is 0 Å². The summed E-state index contributed by atoms with van der Waals surface area (Å²) in [6.07, 6.45) is 0.335. The minimum absolute atomic E-state index is 0.00164. The molecule has 0 aliphatic carbocycles. The fraction of sp³-hybridized carbons (Fsp3) is 0.846. The summed E-state index contributed by atoms with van der Waals surface area (Å²) < 4.78 is 5.16. The first-order valence-corrected chi connectivity index (χ1v) is 6.22. The molecule has 0 unspecified atom stereocenters. The first kappa shape index (κ1) is 16.7. The highest BCUT2D eigenvalue weighted by Gasteiger charge is 2.23. The van der Waals surface area contributed by atoms with Crippen molar-refractivity contribution in [2.24, 2.45) is 0 Å². The van der Waals surface area contributed by atoms with Gasteiger partial charge in [0.05, 0.1) is 0 Å². The molecule has 0 bridgehead atoms. The standard InChI is InChI=1S/C13H26N2O3/c1-8-13(5,6)14-10(16)9-15(7)11(17)18-12(2,3)4/h8-9H2,1-7H3,(H,14,16). The smallest absolute Gasteiger partial charge is 0.410 e. The molecule has 0 fully saturated rings. The highest BCUT2D eigenvalue weighted by atomic mass is 16.6. The minimum atomic E-state index is -0.551. The number of carbonyl (C=O) groups excluding carboxylic acids is 2. The van der Waals surface area contributed by atoms with Crippen LogP contribution in [0.5, 0.6) is 0 Å². The SMILES string of the molecule is CCC(C)(C)NC(=O)CN(C)C(=O)OC(C)(C)C. The van der Waals surface area contributed by atoms with Crippen LogP contribution in [0.4, 0.5) is 4.79 Å². The third-order valence-corrected chi connectivity index (χ3v) is 2.45. The fourth-order valence-electron chi connectivity index (χ4n) is 1.13. The van der Waals surface area contributed by atoms with Gasteiger partial charge in [0.2, 0.25) is 5.91 Å². The molecule has 0 atom stereocenters. The Kier molecular flexibility index (Phi) is 5.64. The summed E-state index contributed by atoms with van der Waals surface area (Å²) in [6, 6.07) is 0. The zero-order chi connectivity index (χ0) is 14.6. The summed E-state index contributed by atoms with van der Waals surface area (Å²) in [5.41, 5.74) is -0.809. The Morgan fingerprint density at radius 3 is 2.06 bits per heavy atom. The van der Waals surface area contributed by atoms with Gasteiger partial charge in [-0.05, 0) is 41.0 Å². The lowest BCUT2D eigenvalue weighted by Crippen LogP contribution is -2.48. The van der Waals surface area contributed by atoms with Crippen molar-refractivity contribution in [1.29, 1.82) is 0 Å². The lowest BCUT2D eigenvalue weighted by atomic mass is 10.0. The number of ether oxygens (including phenoxy) is 1. The zero-order valence-corrected chi connectivity index (χ0v) is 12.6. The van der Waals surface area contributed by atoms with Crippen molar-refractivity contribution in [3.05, 3.63) is 0 Å². The number of carbonyl (C=O) groups is 2. The molecule has 0 radical (unpaired) electrons. The lowest BCUT2D eigenvalue weighted by molar-refractivity contribution is -0.123. The van der Waals surface area contributed by atoms with Gasteiger partial charge in [-0.2, -0.15) is 0 Å². The molecule has 1 N–H and O–H groups in total. The zero-order valence-electron chi connectivity index (χ0n) is 12.6. The van der Waals surface area contributed by atoms with Gasteiger partial charge in [-0.25, -0.2) is 4.79 Å². The van der Waals surface area contributed by atoms with E-state index in [1.54, 1.807) is 27.8 Å². The topological polar surface area (TPSA) is 58.6 Å². The van der Waals surface area contributed by atoms with Gasteiger partial charge >= 0.3 is 6.09 Å². The van der Waals surface area contributed by atoms with Crippen LogP contribution in [0, 0.1) is 0 Å². The van der Waals surface area contributed by atoms with Crippen molar-refractivity contribution >= 4 is 12.0 Å². The van der Waals surface area contributed by atoms with Gasteiger partial charge in [0.1, 0.15) is 12.1 Å². The molecule has 0 aliphatic heterocycles. The summed E-state index contributed by atoms with van der Waals surface area (Å²) in [4.78, 5) is 24.7. The fourth-order valence-corrected chi connectivity index (χ4v) is 1.13. The number of nitrogens with one attached hydrogen (secondary N) is 1. The molecule has 0 heterocycles. The molecular formula is C13H26N2O3. The average Bonchev–Trinajstić information content (AvgIpc) is 2.13. The van der Waals surface area contributed by atoms with Gasteiger partial charge in [0.25, 0.3) is 0 Å². The first-order chi connectivity index (χ1) is 7.97. The molecule has 0 rings (SSSR count). The molecule has 5 nitrogen and oxygen atoms in total. The molecule has 0 saturated heterocycles. The Morgan fingerprint density at radius 2 is 1.67 bits per heavy atom. The second-order valence-electron chi connectivity index (χ2n) is 6.12. The molecule has 0 spiro atoms. The molecule has 5 heteroatoms. The van der Waals surface area contributed by atoms with Gasteiger partial charge in [0, 0.05) is 12.6 Å². The number of amides is 2. The van der Waals surface area contributed by atoms with E-state index in [4.69, 9.17) is 4.74 Å². The Labute approximate surface area is 110 Å². The van der Waals surface area contributed by atoms with E-state index in [-0.39, 0.29) is 18.0 Å². The molecule has 0 aromatic heterocycles. The van der Waals surface area contributed by atoms with E-state index < -0.39 is 11.7 Å². The van der Waals surface area contributed by atoms with E-state index in [1.165, 1.54) is 4.90 Å². The van der Waals surface area contributed by atoms with Crippen molar-refractivity contribution in [2.75, 3.05) is 13.6 Å². The van der Waals surface area contributed by atoms with Crippen molar-refractivity contribution < 1.29 is 14.3 Å². The second-order valence-corrected chi connectivity index (χ2v) is 6.12. The Morgan fingerprint density at radius 1 is 1.17 bits per heavy atom. The van der Waals surface area contributed by atoms with Crippen LogP contribution < -0.4 is 5.32 Å². The van der Waals surface area contributed by atoms with E-state index in [0.717, 1.165) is 6.42 Å². The van der Waals surface area contributed by atoms with E-state index in [1.807, 2.05) is 20.8 Å². The molecule has 106 valence electrons. The quantitative estimate of drug-likeness (QED) is 0.840. The number of likely N-dealkylation sites (N-methyl/N-ethyl adjacent to an activating group) is 1. The summed E-state index contributed by atoms with van der Waals surface area (Å²) in [5, 5.41) is 2.87. The van der Waals surface area contributed by atoms with Gasteiger partial charge in [-0.15, -0.1) is 0 Å². The number of hydrogen-bond acceptors (Lipinski definition) is 3. The summed E-state index contributed by atoms with van der Waals surface area (Å²) in [6.45, 7) is 11.3. The number of rotatable bonds is 4. The Hall–Kier alpha value is -1.26. The largest absolute Gasteiger partial charge is 0.444 e. The maximum absolute atomic E-state index is 11.7. The third-order valence-electron chi connectivity index (χ3n) is 2.45. The molecular weight excluding hydrogens is 232 g/mol. The van der Waals surface area contributed by atoms with Gasteiger partial charge in [-0.3, -0.25) is 4.79 Å². The monoisotopic (exact) mass is 258 g/mol. The number of nitrogens with zero attached hydrogens (tertiary/aromatic N) is 1. The van der Waals surface area contributed by atoms with Crippen molar-refractivity contribution in [3.8, 4) is 0 Å². The van der Waals surface area contributed by atoms with Crippen LogP contribution in [-0.4, -0.2) is 41.6 Å². The third kappa shape index (κ3) is 7.14. The van der Waals surface area contributed by atoms with Crippen LogP contribution in [0.3, 0.4) is 0 Å². The molecule has 2 amide bonds. The Balaban J connectivity index is 4.28. The molecule has 18 heavy (non-hydrogen) atoms. The summed E-state index contributed by atoms with van der Waals surface area (Å²) in [7, 11) is 1.55. The highest BCUT2D eigenvalue weighted by molar-refractivity contribution is 5.82. The van der Waals surface area contributed by atoms with Crippen LogP contribution in [-0.2, 0) is 9.53 Å². The van der Waals surface area contributed by atoms with Gasteiger partial charge < -0.3 is 15.0 Å². The minimum Gasteiger partial charge on any atom is -0.444 e. The highest BCUT2D eigenvalue weighted by Crippen LogP contribution is 2.09. The Bertz CT molecular complexity index is 306. The maximum Gasteiger partial charge on any atom is 0.410 e. The van der Waals surface area contributed by atoms with E-state index >= 15 is 0 Å². The maximum atomic E-state index is 11.7. The van der Waals surface area contributed by atoms with E-state index in [9.17, 15) is 9.59 Å². The molecule has 0 aromatic carbocycles. The lowest BCUT2D eigenvalue weighted by Gasteiger charge is -2.27. The predicted octanol–water partition coefficient (Wildman–Crippen LogP) is 2.16. The van der Waals surface area contributed by atoms with Crippen LogP contribution in [0.15, 0.2) is 0 Å². The van der Waals surface area contributed by atoms with Crippen molar-refractivity contribution in [2.45, 2.75) is 59.1 Å². The summed E-state index contributed by atoms with van der Waals surface area (Å²) >= 11 is 0. The second kappa shape index (κ2) is 6.07. The normalized spacial score (nSPS) is 11.9. The molecule has 0 aliphatic rings. The van der Waals surface area contributed by atoms with Crippen LogP contribution >= 0.6 is 0 Å². The molecule has 0 aromatic rings. The predicted molar refractivity (Wildman–Crippen MR) is 71.4 cm³/mol. The summed E-state index contributed by atoms with van der Waals surface area (Å²) in [5.74, 6) is -0.185. The number of hydrogen-bond donors (Lipinski definition) is 1. The average molecular weight is 258 g/mol. The molecule has 0 saturated carbocycles. The van der Waals surface area contributed by atoms with Crippen molar-refractivity contribution in [3.63, 3.8) is 0 Å². The van der Waals surface area contributed by atoms with Gasteiger partial charge in [0.15, 0.2) is 0 Å². The van der Waals surface area contributed by atoms with Gasteiger partial charge in [-0.1, -0.05) is 6.92 Å². The first-order valence-electron chi connectivity index (χ1n) is 6.22. The van der Waals surface area contributed by atoms with Crippen molar-refractivity contribution in [1.82, 2.24) is 10.2 Å². The van der Waals surface area contributed by atoms with E-state index in [0.29, 0.717) is 0 Å². The van der Waals surface area contributed by atoms with Crippen LogP contribution in [0.1, 0.15) is 48.0 Å².